The minimum absolute atomic E-state index is 0.0129. The molecule has 1 saturated heterocycles. The lowest BCUT2D eigenvalue weighted by atomic mass is 10.3. The lowest BCUT2D eigenvalue weighted by molar-refractivity contribution is 0.121. The third-order valence-electron chi connectivity index (χ3n) is 2.64. The van der Waals surface area contributed by atoms with E-state index in [2.05, 4.69) is 14.9 Å². The first kappa shape index (κ1) is 10.3. The summed E-state index contributed by atoms with van der Waals surface area (Å²) in [6.07, 6.45) is 4.61. The maximum absolute atomic E-state index is 8.86. The molecule has 0 saturated carbocycles. The third kappa shape index (κ3) is 2.24. The molecule has 1 atom stereocenters. The van der Waals surface area contributed by atoms with Crippen LogP contribution < -0.4 is 4.90 Å². The van der Waals surface area contributed by atoms with E-state index in [4.69, 9.17) is 9.84 Å². The molecule has 15 heavy (non-hydrogen) atoms. The average molecular weight is 209 g/mol. The first-order valence-corrected chi connectivity index (χ1v) is 5.03. The lowest BCUT2D eigenvalue weighted by Gasteiger charge is -2.15. The van der Waals surface area contributed by atoms with Crippen molar-refractivity contribution in [3.05, 3.63) is 18.0 Å². The van der Waals surface area contributed by atoms with Crippen LogP contribution in [0.25, 0.3) is 0 Å². The van der Waals surface area contributed by atoms with Crippen LogP contribution in [0.5, 0.6) is 0 Å². The Labute approximate surface area is 88.7 Å². The van der Waals surface area contributed by atoms with Crippen molar-refractivity contribution in [2.45, 2.75) is 19.1 Å². The minimum atomic E-state index is -0.0129. The molecule has 1 aromatic rings. The Kier molecular flexibility index (Phi) is 3.13. The second-order valence-electron chi connectivity index (χ2n) is 3.64. The summed E-state index contributed by atoms with van der Waals surface area (Å²) in [7, 11) is 1.73. The van der Waals surface area contributed by atoms with E-state index in [9.17, 15) is 0 Å². The first-order valence-electron chi connectivity index (χ1n) is 5.03. The number of aromatic nitrogens is 2. The van der Waals surface area contributed by atoms with Crippen LogP contribution in [0.3, 0.4) is 0 Å². The van der Waals surface area contributed by atoms with Gasteiger partial charge in [0, 0.05) is 38.2 Å². The van der Waals surface area contributed by atoms with Crippen LogP contribution in [0, 0.1) is 0 Å². The molecule has 5 heteroatoms. The molecule has 1 aliphatic rings. The molecule has 1 fully saturated rings. The van der Waals surface area contributed by atoms with Gasteiger partial charge < -0.3 is 14.7 Å². The Hall–Kier alpha value is -1.20. The fourth-order valence-corrected chi connectivity index (χ4v) is 1.70. The number of hydrogen-bond donors (Lipinski definition) is 1. The molecule has 1 aromatic heterocycles. The van der Waals surface area contributed by atoms with Gasteiger partial charge in [0.1, 0.15) is 0 Å². The van der Waals surface area contributed by atoms with Crippen molar-refractivity contribution in [2.24, 2.45) is 0 Å². The second kappa shape index (κ2) is 4.55. The third-order valence-corrected chi connectivity index (χ3v) is 2.64. The van der Waals surface area contributed by atoms with E-state index >= 15 is 0 Å². The SMILES string of the molecule is COC1CCN(c2ncc(CO)cn2)C1. The van der Waals surface area contributed by atoms with Crippen molar-refractivity contribution in [1.29, 1.82) is 0 Å². The predicted molar refractivity (Wildman–Crippen MR) is 55.6 cm³/mol. The number of hydrogen-bond acceptors (Lipinski definition) is 5. The molecule has 2 heterocycles. The van der Waals surface area contributed by atoms with Gasteiger partial charge in [0.2, 0.25) is 5.95 Å². The van der Waals surface area contributed by atoms with E-state index in [1.165, 1.54) is 0 Å². The Balaban J connectivity index is 2.04. The zero-order valence-electron chi connectivity index (χ0n) is 8.76. The molecule has 0 bridgehead atoms. The normalized spacial score (nSPS) is 20.9. The molecule has 1 N–H and O–H groups in total. The highest BCUT2D eigenvalue weighted by Crippen LogP contribution is 2.17. The van der Waals surface area contributed by atoms with Crippen molar-refractivity contribution in [2.75, 3.05) is 25.1 Å². The van der Waals surface area contributed by atoms with E-state index in [1.54, 1.807) is 19.5 Å². The van der Waals surface area contributed by atoms with Crippen LogP contribution in [0.4, 0.5) is 5.95 Å². The van der Waals surface area contributed by atoms with Crippen molar-refractivity contribution >= 4 is 5.95 Å². The number of aliphatic hydroxyl groups excluding tert-OH is 1. The summed E-state index contributed by atoms with van der Waals surface area (Å²) in [6, 6.07) is 0. The summed E-state index contributed by atoms with van der Waals surface area (Å²) in [5.41, 5.74) is 0.737. The lowest BCUT2D eigenvalue weighted by Crippen LogP contribution is -2.24. The van der Waals surface area contributed by atoms with Crippen molar-refractivity contribution < 1.29 is 9.84 Å². The van der Waals surface area contributed by atoms with Gasteiger partial charge in [0.15, 0.2) is 0 Å². The zero-order valence-corrected chi connectivity index (χ0v) is 8.76. The van der Waals surface area contributed by atoms with Gasteiger partial charge in [0.05, 0.1) is 12.7 Å². The van der Waals surface area contributed by atoms with Crippen LogP contribution in [-0.4, -0.2) is 41.4 Å². The Bertz CT molecular complexity index is 315. The summed E-state index contributed by atoms with van der Waals surface area (Å²) in [5, 5.41) is 8.86. The summed E-state index contributed by atoms with van der Waals surface area (Å²) < 4.78 is 5.27. The second-order valence-corrected chi connectivity index (χ2v) is 3.64. The largest absolute Gasteiger partial charge is 0.392 e. The number of ether oxygens (including phenoxy) is 1. The Morgan fingerprint density at radius 2 is 2.27 bits per heavy atom. The molecule has 0 spiro atoms. The van der Waals surface area contributed by atoms with Gasteiger partial charge in [-0.25, -0.2) is 9.97 Å². The highest BCUT2D eigenvalue weighted by molar-refractivity contribution is 5.31. The summed E-state index contributed by atoms with van der Waals surface area (Å²) in [4.78, 5) is 10.5. The molecular formula is C10H15N3O2. The molecule has 82 valence electrons. The maximum atomic E-state index is 8.86. The average Bonchev–Trinajstić information content (AvgIpc) is 2.78. The number of nitrogens with zero attached hydrogens (tertiary/aromatic N) is 3. The monoisotopic (exact) mass is 209 g/mol. The highest BCUT2D eigenvalue weighted by Gasteiger charge is 2.23. The van der Waals surface area contributed by atoms with Gasteiger partial charge in [-0.15, -0.1) is 0 Å². The van der Waals surface area contributed by atoms with Gasteiger partial charge in [0.25, 0.3) is 0 Å². The van der Waals surface area contributed by atoms with Crippen LogP contribution in [0.1, 0.15) is 12.0 Å². The number of anilines is 1. The predicted octanol–water partition coefficient (Wildman–Crippen LogP) is 0.194. The van der Waals surface area contributed by atoms with Crippen molar-refractivity contribution in [3.63, 3.8) is 0 Å². The van der Waals surface area contributed by atoms with E-state index in [1.807, 2.05) is 0 Å². The standard InChI is InChI=1S/C10H15N3O2/c1-15-9-2-3-13(6-9)10-11-4-8(7-14)5-12-10/h4-5,9,14H,2-3,6-7H2,1H3. The van der Waals surface area contributed by atoms with Crippen molar-refractivity contribution in [3.8, 4) is 0 Å². The molecule has 1 aliphatic heterocycles. The number of aliphatic hydroxyl groups is 1. The first-order chi connectivity index (χ1) is 7.33. The summed E-state index contributed by atoms with van der Waals surface area (Å²) >= 11 is 0. The number of methoxy groups -OCH3 is 1. The molecule has 0 aliphatic carbocycles. The van der Waals surface area contributed by atoms with Crippen LogP contribution in [0.2, 0.25) is 0 Å². The van der Waals surface area contributed by atoms with E-state index in [0.29, 0.717) is 5.95 Å². The summed E-state index contributed by atoms with van der Waals surface area (Å²) in [5.74, 6) is 0.715. The van der Waals surface area contributed by atoms with Crippen LogP contribution in [-0.2, 0) is 11.3 Å². The topological polar surface area (TPSA) is 58.5 Å². The molecule has 0 amide bonds. The summed E-state index contributed by atoms with van der Waals surface area (Å²) in [6.45, 7) is 1.76. The zero-order chi connectivity index (χ0) is 10.7. The van der Waals surface area contributed by atoms with Crippen LogP contribution in [0.15, 0.2) is 12.4 Å². The smallest absolute Gasteiger partial charge is 0.225 e. The molecule has 0 aromatic carbocycles. The van der Waals surface area contributed by atoms with Gasteiger partial charge in [-0.2, -0.15) is 0 Å². The van der Waals surface area contributed by atoms with E-state index in [-0.39, 0.29) is 12.7 Å². The van der Waals surface area contributed by atoms with Gasteiger partial charge >= 0.3 is 0 Å². The van der Waals surface area contributed by atoms with Gasteiger partial charge in [-0.3, -0.25) is 0 Å². The number of rotatable bonds is 3. The minimum Gasteiger partial charge on any atom is -0.392 e. The molecule has 5 nitrogen and oxygen atoms in total. The molecule has 1 unspecified atom stereocenters. The van der Waals surface area contributed by atoms with Crippen LogP contribution >= 0.6 is 0 Å². The Morgan fingerprint density at radius 3 is 2.80 bits per heavy atom. The fraction of sp³-hybridized carbons (Fsp3) is 0.600. The van der Waals surface area contributed by atoms with E-state index in [0.717, 1.165) is 25.1 Å². The van der Waals surface area contributed by atoms with Gasteiger partial charge in [-0.1, -0.05) is 0 Å². The maximum Gasteiger partial charge on any atom is 0.225 e. The quantitative estimate of drug-likeness (QED) is 0.770. The molecule has 0 radical (unpaired) electrons. The highest BCUT2D eigenvalue weighted by atomic mass is 16.5. The molecule has 2 rings (SSSR count). The van der Waals surface area contributed by atoms with E-state index < -0.39 is 0 Å². The van der Waals surface area contributed by atoms with Gasteiger partial charge in [-0.05, 0) is 6.42 Å². The Morgan fingerprint density at radius 1 is 1.53 bits per heavy atom. The van der Waals surface area contributed by atoms with Crippen molar-refractivity contribution in [1.82, 2.24) is 9.97 Å². The fourth-order valence-electron chi connectivity index (χ4n) is 1.70. The molecular weight excluding hydrogens is 194 g/mol.